The van der Waals surface area contributed by atoms with E-state index in [2.05, 4.69) is 25.6 Å². The minimum Gasteiger partial charge on any atom is -0.455 e. The van der Waals surface area contributed by atoms with Crippen LogP contribution in [0.5, 0.6) is 11.5 Å². The molecule has 0 atom stereocenters. The summed E-state index contributed by atoms with van der Waals surface area (Å²) in [6.07, 6.45) is -8.22. The third-order valence-corrected chi connectivity index (χ3v) is 4.90. The third kappa shape index (κ3) is 5.42. The lowest BCUT2D eigenvalue weighted by Crippen LogP contribution is -2.20. The molecule has 2 amide bonds. The Morgan fingerprint density at radius 1 is 0.917 bits per heavy atom. The Labute approximate surface area is 197 Å². The van der Waals surface area contributed by atoms with E-state index < -0.39 is 35.2 Å². The van der Waals surface area contributed by atoms with Gasteiger partial charge >= 0.3 is 24.1 Å². The highest BCUT2D eigenvalue weighted by atomic mass is 19.4. The minimum atomic E-state index is -4.82. The first kappa shape index (κ1) is 24.6. The summed E-state index contributed by atoms with van der Waals surface area (Å²) in [6, 6.07) is 5.68. The van der Waals surface area contributed by atoms with Gasteiger partial charge in [-0.05, 0) is 36.8 Å². The van der Waals surface area contributed by atoms with Crippen molar-refractivity contribution >= 4 is 28.6 Å². The molecule has 2 heterocycles. The first-order chi connectivity index (χ1) is 16.8. The number of carbonyl (C=O) groups excluding carboxylic acids is 1. The maximum Gasteiger partial charge on any atom is 0.416 e. The number of anilines is 2. The summed E-state index contributed by atoms with van der Waals surface area (Å²) in [5.74, 6) is -0.364. The van der Waals surface area contributed by atoms with Crippen molar-refractivity contribution in [1.82, 2.24) is 15.0 Å². The van der Waals surface area contributed by atoms with Gasteiger partial charge in [0.2, 0.25) is 0 Å². The summed E-state index contributed by atoms with van der Waals surface area (Å²) in [5.41, 5.74) is -3.17. The predicted octanol–water partition coefficient (Wildman–Crippen LogP) is 6.03. The van der Waals surface area contributed by atoms with E-state index in [0.29, 0.717) is 18.2 Å². The molecule has 0 aliphatic carbocycles. The van der Waals surface area contributed by atoms with Crippen LogP contribution in [0.1, 0.15) is 16.7 Å². The van der Waals surface area contributed by atoms with E-state index in [4.69, 9.17) is 4.74 Å². The lowest BCUT2D eigenvalue weighted by Gasteiger charge is -2.15. The number of amides is 2. The molecule has 0 unspecified atom stereocenters. The summed E-state index contributed by atoms with van der Waals surface area (Å²) >= 11 is 0. The van der Waals surface area contributed by atoms with Crippen molar-refractivity contribution in [1.29, 1.82) is 0 Å². The lowest BCUT2D eigenvalue weighted by atomic mass is 10.1. The van der Waals surface area contributed by atoms with Gasteiger partial charge in [-0.1, -0.05) is 6.07 Å². The van der Waals surface area contributed by atoms with Gasteiger partial charge in [0, 0.05) is 29.7 Å². The normalized spacial score (nSPS) is 12.0. The van der Waals surface area contributed by atoms with Gasteiger partial charge in [0.1, 0.15) is 11.3 Å². The zero-order chi connectivity index (χ0) is 26.3. The first-order valence-corrected chi connectivity index (χ1v) is 10.0. The number of fused-ring (bicyclic) bond motifs is 1. The van der Waals surface area contributed by atoms with Gasteiger partial charge in [-0.25, -0.2) is 14.6 Å². The van der Waals surface area contributed by atoms with Crippen LogP contribution in [-0.4, -0.2) is 21.0 Å². The van der Waals surface area contributed by atoms with Crippen molar-refractivity contribution in [2.45, 2.75) is 19.3 Å². The number of hydrogen-bond acceptors (Lipinski definition) is 4. The summed E-state index contributed by atoms with van der Waals surface area (Å²) in [6.45, 7) is 1.25. The molecule has 188 valence electrons. The van der Waals surface area contributed by atoms with Crippen LogP contribution in [0, 0.1) is 6.92 Å². The maximum absolute atomic E-state index is 13.5. The van der Waals surface area contributed by atoms with Gasteiger partial charge in [0.15, 0.2) is 11.4 Å². The minimum absolute atomic E-state index is 0.0209. The fraction of sp³-hybridized carbons (Fsp3) is 0.136. The van der Waals surface area contributed by atoms with E-state index in [9.17, 15) is 35.9 Å². The molecule has 0 saturated heterocycles. The topological polar surface area (TPSA) is 112 Å². The molecule has 0 bridgehead atoms. The molecule has 2 aromatic carbocycles. The Morgan fingerprint density at radius 3 is 2.33 bits per heavy atom. The quantitative estimate of drug-likeness (QED) is 0.251. The molecule has 2 aromatic heterocycles. The smallest absolute Gasteiger partial charge is 0.416 e. The number of ether oxygens (including phenoxy) is 1. The number of aromatic nitrogens is 3. The van der Waals surface area contributed by atoms with Gasteiger partial charge in [0.25, 0.3) is 0 Å². The second-order valence-corrected chi connectivity index (χ2v) is 7.56. The van der Waals surface area contributed by atoms with Crippen molar-refractivity contribution in [3.63, 3.8) is 0 Å². The number of alkyl halides is 6. The Morgan fingerprint density at radius 2 is 1.64 bits per heavy atom. The van der Waals surface area contributed by atoms with E-state index >= 15 is 0 Å². The van der Waals surface area contributed by atoms with E-state index in [1.54, 1.807) is 0 Å². The zero-order valence-corrected chi connectivity index (χ0v) is 18.1. The molecule has 14 heteroatoms. The molecule has 0 saturated carbocycles. The van der Waals surface area contributed by atoms with E-state index in [1.807, 2.05) is 0 Å². The highest BCUT2D eigenvalue weighted by Crippen LogP contribution is 2.37. The lowest BCUT2D eigenvalue weighted by molar-refractivity contribution is -0.138. The number of halogens is 6. The summed E-state index contributed by atoms with van der Waals surface area (Å²) < 4.78 is 85.3. The van der Waals surface area contributed by atoms with Crippen molar-refractivity contribution in [2.24, 2.45) is 0 Å². The number of pyridine rings is 1. The van der Waals surface area contributed by atoms with Crippen molar-refractivity contribution < 1.29 is 35.9 Å². The molecule has 4 aromatic rings. The molecule has 0 radical (unpaired) electrons. The number of aryl methyl sites for hydroxylation is 1. The second kappa shape index (κ2) is 8.94. The number of nitrogens with zero attached hydrogens (tertiary/aromatic N) is 1. The van der Waals surface area contributed by atoms with Gasteiger partial charge in [-0.2, -0.15) is 26.3 Å². The average molecular weight is 511 g/mol. The largest absolute Gasteiger partial charge is 0.455 e. The van der Waals surface area contributed by atoms with Gasteiger partial charge in [0.05, 0.1) is 11.1 Å². The number of rotatable bonds is 4. The maximum atomic E-state index is 13.5. The Hall–Kier alpha value is -4.49. The number of nitrogens with one attached hydrogen (secondary N) is 4. The molecule has 0 spiro atoms. The predicted molar refractivity (Wildman–Crippen MR) is 117 cm³/mol. The fourth-order valence-corrected chi connectivity index (χ4v) is 3.32. The number of imidazole rings is 1. The number of urea groups is 1. The van der Waals surface area contributed by atoms with Crippen molar-refractivity contribution in [3.8, 4) is 11.5 Å². The van der Waals surface area contributed by atoms with Crippen LogP contribution in [0.4, 0.5) is 42.5 Å². The number of hydrogen-bond donors (Lipinski definition) is 4. The third-order valence-electron chi connectivity index (χ3n) is 4.90. The second-order valence-electron chi connectivity index (χ2n) is 7.56. The number of aromatic amines is 2. The highest BCUT2D eigenvalue weighted by Gasteiger charge is 2.33. The van der Waals surface area contributed by atoms with E-state index in [-0.39, 0.29) is 39.6 Å². The van der Waals surface area contributed by atoms with Crippen LogP contribution < -0.4 is 21.1 Å². The molecule has 4 N–H and O–H groups in total. The molecule has 36 heavy (non-hydrogen) atoms. The average Bonchev–Trinajstić information content (AvgIpc) is 3.15. The van der Waals surface area contributed by atoms with Crippen LogP contribution in [0.15, 0.2) is 53.5 Å². The standard InChI is InChI=1S/C22H15F6N5O3/c1-10-2-3-12(9-15(10)22(26,27)28)30-19(34)31-13-6-11(21(23,24)25)7-14(8-13)36-16-4-5-29-18-17(16)32-20(35)33-18/h2-9H,1H3,(H2,30,31,34)(H2,29,32,33,35). The highest BCUT2D eigenvalue weighted by molar-refractivity contribution is 6.00. The summed E-state index contributed by atoms with van der Waals surface area (Å²) in [5, 5.41) is 4.32. The van der Waals surface area contributed by atoms with Crippen LogP contribution in [0.25, 0.3) is 11.2 Å². The van der Waals surface area contributed by atoms with Crippen LogP contribution in [0.3, 0.4) is 0 Å². The SMILES string of the molecule is Cc1ccc(NC(=O)Nc2cc(Oc3ccnc4[nH]c(=O)[nH]c34)cc(C(F)(F)F)c2)cc1C(F)(F)F. The van der Waals surface area contributed by atoms with Crippen LogP contribution >= 0.6 is 0 Å². The Bertz CT molecular complexity index is 1510. The molecule has 0 aliphatic rings. The van der Waals surface area contributed by atoms with E-state index in [1.165, 1.54) is 25.3 Å². The molecule has 0 fully saturated rings. The van der Waals surface area contributed by atoms with Crippen LogP contribution in [-0.2, 0) is 12.4 Å². The monoisotopic (exact) mass is 511 g/mol. The van der Waals surface area contributed by atoms with E-state index in [0.717, 1.165) is 12.1 Å². The Balaban J connectivity index is 1.61. The molecule has 0 aliphatic heterocycles. The molecular weight excluding hydrogens is 496 g/mol. The van der Waals surface area contributed by atoms with Crippen molar-refractivity contribution in [3.05, 3.63) is 75.8 Å². The summed E-state index contributed by atoms with van der Waals surface area (Å²) in [7, 11) is 0. The summed E-state index contributed by atoms with van der Waals surface area (Å²) in [4.78, 5) is 32.6. The zero-order valence-electron chi connectivity index (χ0n) is 18.1. The molecule has 4 rings (SSSR count). The van der Waals surface area contributed by atoms with Gasteiger partial charge in [-0.3, -0.25) is 4.98 Å². The fourth-order valence-electron chi connectivity index (χ4n) is 3.32. The molecular formula is C22H15F6N5O3. The number of benzene rings is 2. The van der Waals surface area contributed by atoms with Crippen molar-refractivity contribution in [2.75, 3.05) is 10.6 Å². The molecule has 8 nitrogen and oxygen atoms in total. The number of H-pyrrole nitrogens is 2. The van der Waals surface area contributed by atoms with Crippen LogP contribution in [0.2, 0.25) is 0 Å². The van der Waals surface area contributed by atoms with Gasteiger partial charge < -0.3 is 20.4 Å². The Kier molecular flexibility index (Phi) is 6.12. The first-order valence-electron chi connectivity index (χ1n) is 10.0. The number of carbonyl (C=O) groups is 1. The van der Waals surface area contributed by atoms with Gasteiger partial charge in [-0.15, -0.1) is 0 Å².